The van der Waals surface area contributed by atoms with E-state index in [9.17, 15) is 0 Å². The van der Waals surface area contributed by atoms with Gasteiger partial charge in [0, 0.05) is 23.5 Å². The standard InChI is InChI=1S/C13H11N3O2/c17-15-12(10-4-2-1-3-5-10)13(16-18)11-6-8-14-9-7-11/h1-9,17-18H/b15-12+,16-13+. The van der Waals surface area contributed by atoms with Gasteiger partial charge in [-0.3, -0.25) is 4.98 Å². The van der Waals surface area contributed by atoms with Gasteiger partial charge in [-0.1, -0.05) is 40.6 Å². The third-order valence-corrected chi connectivity index (χ3v) is 2.43. The maximum atomic E-state index is 9.12. The van der Waals surface area contributed by atoms with E-state index in [4.69, 9.17) is 10.4 Å². The first-order valence-electron chi connectivity index (χ1n) is 5.27. The molecule has 0 saturated carbocycles. The SMILES string of the molecule is O/N=C(/C(=N/O)c1ccncc1)c1ccccc1. The van der Waals surface area contributed by atoms with Crippen LogP contribution >= 0.6 is 0 Å². The number of nitrogens with zero attached hydrogens (tertiary/aromatic N) is 3. The van der Waals surface area contributed by atoms with Gasteiger partial charge in [0.1, 0.15) is 11.4 Å². The van der Waals surface area contributed by atoms with Crippen molar-refractivity contribution in [2.24, 2.45) is 10.3 Å². The van der Waals surface area contributed by atoms with Crippen LogP contribution < -0.4 is 0 Å². The molecule has 2 aromatic rings. The molecule has 1 heterocycles. The number of rotatable bonds is 3. The van der Waals surface area contributed by atoms with Crippen LogP contribution in [0.5, 0.6) is 0 Å². The van der Waals surface area contributed by atoms with Gasteiger partial charge in [0.05, 0.1) is 0 Å². The van der Waals surface area contributed by atoms with Crippen LogP contribution in [-0.4, -0.2) is 26.8 Å². The molecule has 0 fully saturated rings. The molecule has 1 aromatic carbocycles. The fraction of sp³-hybridized carbons (Fsp3) is 0. The summed E-state index contributed by atoms with van der Waals surface area (Å²) < 4.78 is 0. The van der Waals surface area contributed by atoms with Crippen molar-refractivity contribution in [2.45, 2.75) is 0 Å². The third kappa shape index (κ3) is 2.35. The van der Waals surface area contributed by atoms with Gasteiger partial charge in [-0.2, -0.15) is 0 Å². The molecule has 0 radical (unpaired) electrons. The smallest absolute Gasteiger partial charge is 0.139 e. The van der Waals surface area contributed by atoms with E-state index in [0.717, 1.165) is 0 Å². The highest BCUT2D eigenvalue weighted by Gasteiger charge is 2.15. The van der Waals surface area contributed by atoms with E-state index < -0.39 is 0 Å². The Morgan fingerprint density at radius 1 is 0.778 bits per heavy atom. The second-order valence-corrected chi connectivity index (χ2v) is 3.50. The fourth-order valence-electron chi connectivity index (χ4n) is 1.59. The lowest BCUT2D eigenvalue weighted by Crippen LogP contribution is -2.17. The zero-order chi connectivity index (χ0) is 12.8. The average Bonchev–Trinajstić information content (AvgIpc) is 2.46. The largest absolute Gasteiger partial charge is 0.410 e. The first kappa shape index (κ1) is 11.8. The Balaban J connectivity index is 2.45. The lowest BCUT2D eigenvalue weighted by Gasteiger charge is -2.06. The van der Waals surface area contributed by atoms with Crippen LogP contribution in [0.15, 0.2) is 65.2 Å². The molecule has 0 atom stereocenters. The van der Waals surface area contributed by atoms with Gasteiger partial charge in [-0.15, -0.1) is 0 Å². The van der Waals surface area contributed by atoms with E-state index in [-0.39, 0.29) is 11.4 Å². The van der Waals surface area contributed by atoms with Crippen molar-refractivity contribution in [1.29, 1.82) is 0 Å². The van der Waals surface area contributed by atoms with E-state index in [1.807, 2.05) is 18.2 Å². The van der Waals surface area contributed by atoms with Crippen LogP contribution in [0.3, 0.4) is 0 Å². The summed E-state index contributed by atoms with van der Waals surface area (Å²) in [6.07, 6.45) is 3.14. The number of aromatic nitrogens is 1. The van der Waals surface area contributed by atoms with Gasteiger partial charge in [-0.25, -0.2) is 0 Å². The van der Waals surface area contributed by atoms with Crippen molar-refractivity contribution in [3.8, 4) is 0 Å². The molecule has 0 bridgehead atoms. The van der Waals surface area contributed by atoms with Crippen LogP contribution in [0.1, 0.15) is 11.1 Å². The van der Waals surface area contributed by atoms with Crippen molar-refractivity contribution in [3.05, 3.63) is 66.0 Å². The van der Waals surface area contributed by atoms with Crippen LogP contribution in [0.2, 0.25) is 0 Å². The molecule has 0 aliphatic carbocycles. The zero-order valence-electron chi connectivity index (χ0n) is 9.43. The topological polar surface area (TPSA) is 78.1 Å². The number of hydrogen-bond donors (Lipinski definition) is 2. The number of hydrogen-bond acceptors (Lipinski definition) is 5. The van der Waals surface area contributed by atoms with Crippen molar-refractivity contribution in [1.82, 2.24) is 4.98 Å². The fourth-order valence-corrected chi connectivity index (χ4v) is 1.59. The second-order valence-electron chi connectivity index (χ2n) is 3.50. The molecule has 18 heavy (non-hydrogen) atoms. The average molecular weight is 241 g/mol. The van der Waals surface area contributed by atoms with E-state index >= 15 is 0 Å². The van der Waals surface area contributed by atoms with Crippen molar-refractivity contribution in [3.63, 3.8) is 0 Å². The second kappa shape index (κ2) is 5.58. The summed E-state index contributed by atoms with van der Waals surface area (Å²) in [6, 6.07) is 12.3. The third-order valence-electron chi connectivity index (χ3n) is 2.43. The molecule has 0 amide bonds. The normalized spacial score (nSPS) is 12.4. The molecule has 90 valence electrons. The molecule has 0 spiro atoms. The summed E-state index contributed by atoms with van der Waals surface area (Å²) in [7, 11) is 0. The lowest BCUT2D eigenvalue weighted by atomic mass is 10.0. The van der Waals surface area contributed by atoms with Crippen LogP contribution in [0.25, 0.3) is 0 Å². The summed E-state index contributed by atoms with van der Waals surface area (Å²) in [6.45, 7) is 0. The quantitative estimate of drug-likeness (QED) is 0.491. The van der Waals surface area contributed by atoms with Crippen LogP contribution in [0, 0.1) is 0 Å². The molecule has 2 N–H and O–H groups in total. The van der Waals surface area contributed by atoms with Gasteiger partial charge >= 0.3 is 0 Å². The first-order valence-corrected chi connectivity index (χ1v) is 5.27. The maximum absolute atomic E-state index is 9.12. The molecular weight excluding hydrogens is 230 g/mol. The van der Waals surface area contributed by atoms with Crippen LogP contribution in [-0.2, 0) is 0 Å². The zero-order valence-corrected chi connectivity index (χ0v) is 9.43. The molecule has 0 aliphatic heterocycles. The predicted molar refractivity (Wildman–Crippen MR) is 67.3 cm³/mol. The summed E-state index contributed by atoms with van der Waals surface area (Å²) >= 11 is 0. The van der Waals surface area contributed by atoms with E-state index in [1.54, 1.807) is 36.7 Å². The van der Waals surface area contributed by atoms with Gasteiger partial charge < -0.3 is 10.4 Å². The Labute approximate surface area is 104 Å². The van der Waals surface area contributed by atoms with Gasteiger partial charge in [0.25, 0.3) is 0 Å². The minimum absolute atomic E-state index is 0.186. The van der Waals surface area contributed by atoms with E-state index in [1.165, 1.54) is 0 Å². The maximum Gasteiger partial charge on any atom is 0.139 e. The lowest BCUT2D eigenvalue weighted by molar-refractivity contribution is 0.314. The van der Waals surface area contributed by atoms with Gasteiger partial charge in [0.2, 0.25) is 0 Å². The molecule has 0 aliphatic rings. The minimum atomic E-state index is 0.186. The molecule has 5 heteroatoms. The van der Waals surface area contributed by atoms with Crippen molar-refractivity contribution >= 4 is 11.4 Å². The summed E-state index contributed by atoms with van der Waals surface area (Å²) in [5.41, 5.74) is 1.66. The molecule has 0 unspecified atom stereocenters. The summed E-state index contributed by atoms with van der Waals surface area (Å²) in [5.74, 6) is 0. The molecular formula is C13H11N3O2. The summed E-state index contributed by atoms with van der Waals surface area (Å²) in [5, 5.41) is 24.7. The Kier molecular flexibility index (Phi) is 3.66. The monoisotopic (exact) mass is 241 g/mol. The molecule has 0 saturated heterocycles. The Morgan fingerprint density at radius 3 is 1.78 bits per heavy atom. The van der Waals surface area contributed by atoms with Gasteiger partial charge in [0.15, 0.2) is 0 Å². The highest BCUT2D eigenvalue weighted by atomic mass is 16.4. The number of oxime groups is 2. The van der Waals surface area contributed by atoms with Gasteiger partial charge in [-0.05, 0) is 12.1 Å². The molecule has 2 rings (SSSR count). The highest BCUT2D eigenvalue weighted by Crippen LogP contribution is 2.09. The predicted octanol–water partition coefficient (Wildman–Crippen LogP) is 2.14. The molecule has 5 nitrogen and oxygen atoms in total. The first-order chi connectivity index (χ1) is 8.86. The molecule has 1 aromatic heterocycles. The number of benzene rings is 1. The Hall–Kier alpha value is -2.69. The van der Waals surface area contributed by atoms with Crippen molar-refractivity contribution < 1.29 is 10.4 Å². The highest BCUT2D eigenvalue weighted by molar-refractivity contribution is 6.53. The number of pyridine rings is 1. The van der Waals surface area contributed by atoms with E-state index in [2.05, 4.69) is 15.3 Å². The Bertz CT molecular complexity index is 512. The van der Waals surface area contributed by atoms with Crippen LogP contribution in [0.4, 0.5) is 0 Å². The van der Waals surface area contributed by atoms with E-state index in [0.29, 0.717) is 11.1 Å². The van der Waals surface area contributed by atoms with Crippen molar-refractivity contribution in [2.75, 3.05) is 0 Å². The summed E-state index contributed by atoms with van der Waals surface area (Å²) in [4.78, 5) is 3.88. The Morgan fingerprint density at radius 2 is 1.28 bits per heavy atom. The minimum Gasteiger partial charge on any atom is -0.410 e.